The van der Waals surface area contributed by atoms with E-state index in [4.69, 9.17) is 10.6 Å². The van der Waals surface area contributed by atoms with E-state index in [0.29, 0.717) is 12.5 Å². The molecule has 2 saturated carbocycles. The van der Waals surface area contributed by atoms with Crippen molar-refractivity contribution in [2.75, 3.05) is 13.2 Å². The SMILES string of the molecule is CC1(CO[N+](=O)[O-])C=C2CC3(c4ccccc4)CC(CCN)(CC23)C1. The van der Waals surface area contributed by atoms with Gasteiger partial charge in [0.1, 0.15) is 6.61 Å². The molecule has 0 amide bonds. The van der Waals surface area contributed by atoms with Crippen molar-refractivity contribution in [2.24, 2.45) is 22.5 Å². The summed E-state index contributed by atoms with van der Waals surface area (Å²) in [7, 11) is 0. The Morgan fingerprint density at radius 2 is 2.08 bits per heavy atom. The molecule has 1 aromatic rings. The van der Waals surface area contributed by atoms with Gasteiger partial charge in [-0.2, -0.15) is 0 Å². The monoisotopic (exact) mass is 342 g/mol. The van der Waals surface area contributed by atoms with E-state index in [1.807, 2.05) is 0 Å². The molecule has 2 fully saturated rings. The van der Waals surface area contributed by atoms with E-state index in [0.717, 1.165) is 32.1 Å². The lowest BCUT2D eigenvalue weighted by atomic mass is 9.53. The van der Waals surface area contributed by atoms with Crippen LogP contribution in [0.5, 0.6) is 0 Å². The van der Waals surface area contributed by atoms with Crippen LogP contribution < -0.4 is 5.73 Å². The zero-order chi connectivity index (χ0) is 17.7. The van der Waals surface area contributed by atoms with Crippen LogP contribution in [-0.4, -0.2) is 18.2 Å². The molecule has 3 aliphatic carbocycles. The van der Waals surface area contributed by atoms with Gasteiger partial charge >= 0.3 is 0 Å². The minimum absolute atomic E-state index is 0.140. The van der Waals surface area contributed by atoms with E-state index >= 15 is 0 Å². The molecule has 1 aromatic carbocycles. The normalized spacial score (nSPS) is 38.5. The van der Waals surface area contributed by atoms with Crippen LogP contribution in [0, 0.1) is 26.9 Å². The summed E-state index contributed by atoms with van der Waals surface area (Å²) in [5.74, 6) is 0.555. The zero-order valence-corrected chi connectivity index (χ0v) is 14.7. The number of rotatable bonds is 6. The molecular formula is C20H26N2O3. The molecule has 4 rings (SSSR count). The number of nitrogens with zero attached hydrogens (tertiary/aromatic N) is 1. The van der Waals surface area contributed by atoms with Gasteiger partial charge in [0, 0.05) is 10.8 Å². The highest BCUT2D eigenvalue weighted by atomic mass is 16.9. The van der Waals surface area contributed by atoms with Crippen molar-refractivity contribution in [3.05, 3.63) is 57.7 Å². The molecule has 134 valence electrons. The Morgan fingerprint density at radius 1 is 1.32 bits per heavy atom. The Morgan fingerprint density at radius 3 is 2.76 bits per heavy atom. The Bertz CT molecular complexity index is 719. The number of benzene rings is 1. The summed E-state index contributed by atoms with van der Waals surface area (Å²) in [5.41, 5.74) is 9.01. The molecule has 0 aliphatic heterocycles. The first-order valence-corrected chi connectivity index (χ1v) is 9.15. The maximum Gasteiger partial charge on any atom is 0.294 e. The second-order valence-corrected chi connectivity index (χ2v) is 8.72. The minimum Gasteiger partial charge on any atom is -0.330 e. The molecule has 0 radical (unpaired) electrons. The molecule has 4 unspecified atom stereocenters. The summed E-state index contributed by atoms with van der Waals surface area (Å²) in [5, 5.41) is 10.0. The zero-order valence-electron chi connectivity index (χ0n) is 14.7. The van der Waals surface area contributed by atoms with Crippen molar-refractivity contribution in [2.45, 2.75) is 44.4 Å². The molecule has 2 N–H and O–H groups in total. The van der Waals surface area contributed by atoms with Gasteiger partial charge in [-0.1, -0.05) is 48.9 Å². The predicted octanol–water partition coefficient (Wildman–Crippen LogP) is 3.62. The highest BCUT2D eigenvalue weighted by Gasteiger charge is 2.64. The number of fused-ring (bicyclic) bond motifs is 1. The van der Waals surface area contributed by atoms with Crippen molar-refractivity contribution in [3.8, 4) is 0 Å². The Hall–Kier alpha value is -1.88. The number of allylic oxidation sites excluding steroid dienone is 1. The van der Waals surface area contributed by atoms with Crippen molar-refractivity contribution in [1.29, 1.82) is 0 Å². The third-order valence-corrected chi connectivity index (χ3v) is 6.80. The van der Waals surface area contributed by atoms with E-state index in [1.165, 1.54) is 11.1 Å². The highest BCUT2D eigenvalue weighted by molar-refractivity contribution is 5.45. The largest absolute Gasteiger partial charge is 0.330 e. The maximum absolute atomic E-state index is 10.7. The summed E-state index contributed by atoms with van der Waals surface area (Å²) in [4.78, 5) is 15.5. The lowest BCUT2D eigenvalue weighted by molar-refractivity contribution is -0.760. The predicted molar refractivity (Wildman–Crippen MR) is 95.3 cm³/mol. The second-order valence-electron chi connectivity index (χ2n) is 8.72. The molecule has 5 heteroatoms. The van der Waals surface area contributed by atoms with Gasteiger partial charge in [0.2, 0.25) is 0 Å². The average molecular weight is 342 g/mol. The first-order chi connectivity index (χ1) is 11.9. The smallest absolute Gasteiger partial charge is 0.294 e. The van der Waals surface area contributed by atoms with Crippen LogP contribution in [0.1, 0.15) is 44.6 Å². The van der Waals surface area contributed by atoms with Crippen molar-refractivity contribution < 1.29 is 9.92 Å². The van der Waals surface area contributed by atoms with Gasteiger partial charge in [0.05, 0.1) is 0 Å². The number of hydrogen-bond acceptors (Lipinski definition) is 4. The third-order valence-electron chi connectivity index (χ3n) is 6.80. The lowest BCUT2D eigenvalue weighted by Crippen LogP contribution is -2.45. The van der Waals surface area contributed by atoms with E-state index in [2.05, 4.69) is 43.3 Å². The highest BCUT2D eigenvalue weighted by Crippen LogP contribution is 2.71. The molecule has 5 nitrogen and oxygen atoms in total. The quantitative estimate of drug-likeness (QED) is 0.486. The molecule has 0 spiro atoms. The molecule has 0 heterocycles. The summed E-state index contributed by atoms with van der Waals surface area (Å²) in [6, 6.07) is 10.9. The molecule has 2 bridgehead atoms. The van der Waals surface area contributed by atoms with Crippen LogP contribution in [0.3, 0.4) is 0 Å². The van der Waals surface area contributed by atoms with Crippen LogP contribution in [0.25, 0.3) is 0 Å². The van der Waals surface area contributed by atoms with Crippen molar-refractivity contribution >= 4 is 0 Å². The Kier molecular flexibility index (Phi) is 3.69. The topological polar surface area (TPSA) is 78.4 Å². The first-order valence-electron chi connectivity index (χ1n) is 9.15. The lowest BCUT2D eigenvalue weighted by Gasteiger charge is -2.51. The number of nitrogens with two attached hydrogens (primary N) is 1. The molecule has 3 aliphatic rings. The van der Waals surface area contributed by atoms with E-state index in [9.17, 15) is 10.1 Å². The van der Waals surface area contributed by atoms with Crippen LogP contribution in [-0.2, 0) is 10.3 Å². The van der Waals surface area contributed by atoms with Gasteiger partial charge in [-0.05, 0) is 55.5 Å². The fourth-order valence-electron chi connectivity index (χ4n) is 6.22. The van der Waals surface area contributed by atoms with Gasteiger partial charge in [-0.3, -0.25) is 0 Å². The molecule has 4 atom stereocenters. The summed E-state index contributed by atoms with van der Waals surface area (Å²) < 4.78 is 0. The van der Waals surface area contributed by atoms with Crippen LogP contribution in [0.15, 0.2) is 42.0 Å². The van der Waals surface area contributed by atoms with Crippen molar-refractivity contribution in [3.63, 3.8) is 0 Å². The Balaban J connectivity index is 1.71. The first kappa shape index (κ1) is 16.6. The number of hydrogen-bond donors (Lipinski definition) is 1. The molecular weight excluding hydrogens is 316 g/mol. The molecule has 0 saturated heterocycles. The fraction of sp³-hybridized carbons (Fsp3) is 0.600. The van der Waals surface area contributed by atoms with Crippen LogP contribution >= 0.6 is 0 Å². The van der Waals surface area contributed by atoms with E-state index < -0.39 is 5.09 Å². The summed E-state index contributed by atoms with van der Waals surface area (Å²) >= 11 is 0. The molecule has 25 heavy (non-hydrogen) atoms. The summed E-state index contributed by atoms with van der Waals surface area (Å²) in [6.45, 7) is 2.91. The third kappa shape index (κ3) is 2.56. The second kappa shape index (κ2) is 5.56. The van der Waals surface area contributed by atoms with Gasteiger partial charge < -0.3 is 10.6 Å². The van der Waals surface area contributed by atoms with Crippen molar-refractivity contribution in [1.82, 2.24) is 0 Å². The van der Waals surface area contributed by atoms with Gasteiger partial charge in [0.15, 0.2) is 0 Å². The van der Waals surface area contributed by atoms with Crippen LogP contribution in [0.2, 0.25) is 0 Å². The Labute approximate surface area is 148 Å². The van der Waals surface area contributed by atoms with Gasteiger partial charge in [0.25, 0.3) is 5.09 Å². The minimum atomic E-state index is -0.669. The van der Waals surface area contributed by atoms with E-state index in [-0.39, 0.29) is 22.9 Å². The van der Waals surface area contributed by atoms with Gasteiger partial charge in [-0.15, -0.1) is 10.1 Å². The standard InChI is InChI=1S/C20H26N2O3/c1-18(14-25-22(23)24)9-15-10-20(16-5-3-2-4-6-16)13-19(12-18,7-8-21)11-17(15)20/h2-6,9,17H,7-8,10-14,21H2,1H3. The van der Waals surface area contributed by atoms with Crippen LogP contribution in [0.4, 0.5) is 0 Å². The van der Waals surface area contributed by atoms with E-state index in [1.54, 1.807) is 0 Å². The van der Waals surface area contributed by atoms with Gasteiger partial charge in [-0.25, -0.2) is 0 Å². The molecule has 0 aromatic heterocycles. The average Bonchev–Trinajstić information content (AvgIpc) is 2.75. The maximum atomic E-state index is 10.7. The fourth-order valence-corrected chi connectivity index (χ4v) is 6.22. The summed E-state index contributed by atoms with van der Waals surface area (Å²) in [6.07, 6.45) is 7.55.